The third-order valence-electron chi connectivity index (χ3n) is 4.96. The summed E-state index contributed by atoms with van der Waals surface area (Å²) in [6, 6.07) is 5.38. The second kappa shape index (κ2) is 9.52. The fourth-order valence-electron chi connectivity index (χ4n) is 3.35. The Kier molecular flexibility index (Phi) is 7.05. The highest BCUT2D eigenvalue weighted by Gasteiger charge is 2.24. The summed E-state index contributed by atoms with van der Waals surface area (Å²) in [7, 11) is 0. The van der Waals surface area contributed by atoms with E-state index in [0.717, 1.165) is 11.1 Å². The van der Waals surface area contributed by atoms with E-state index in [1.165, 1.54) is 0 Å². The van der Waals surface area contributed by atoms with Gasteiger partial charge in [-0.1, -0.05) is 35.3 Å². The molecule has 0 aliphatic carbocycles. The highest BCUT2D eigenvalue weighted by molar-refractivity contribution is 6.42. The number of amides is 1. The Morgan fingerprint density at radius 1 is 1.21 bits per heavy atom. The predicted octanol–water partition coefficient (Wildman–Crippen LogP) is 3.25. The molecule has 1 aliphatic rings. The van der Waals surface area contributed by atoms with Crippen molar-refractivity contribution in [1.82, 2.24) is 14.8 Å². The van der Waals surface area contributed by atoms with Crippen molar-refractivity contribution in [3.63, 3.8) is 0 Å². The van der Waals surface area contributed by atoms with Crippen LogP contribution in [-0.2, 0) is 17.7 Å². The first kappa shape index (κ1) is 21.5. The first-order valence-corrected chi connectivity index (χ1v) is 10.2. The maximum absolute atomic E-state index is 12.0. The molecule has 29 heavy (non-hydrogen) atoms. The SMILES string of the molecule is CCOC(=O)N1CCN(Cc2c(Cc3cccc(Cl)c3Cl)c[nH]c(=O)c2O)CC1. The smallest absolute Gasteiger partial charge is 0.409 e. The lowest BCUT2D eigenvalue weighted by Crippen LogP contribution is -2.48. The van der Waals surface area contributed by atoms with Gasteiger partial charge in [-0.25, -0.2) is 4.79 Å². The fourth-order valence-corrected chi connectivity index (χ4v) is 3.74. The number of carbonyl (C=O) groups is 1. The molecule has 0 bridgehead atoms. The number of aromatic amines is 1. The molecule has 0 unspecified atom stereocenters. The number of carbonyl (C=O) groups excluding carboxylic acids is 1. The van der Waals surface area contributed by atoms with Crippen LogP contribution < -0.4 is 5.56 Å². The molecule has 1 aromatic carbocycles. The summed E-state index contributed by atoms with van der Waals surface area (Å²) in [5.74, 6) is -0.298. The number of piperazine rings is 1. The summed E-state index contributed by atoms with van der Waals surface area (Å²) in [5.41, 5.74) is 1.58. The van der Waals surface area contributed by atoms with Gasteiger partial charge in [0.15, 0.2) is 5.75 Å². The molecule has 9 heteroatoms. The standard InChI is InChI=1S/C20H23Cl2N3O4/c1-2-29-20(28)25-8-6-24(7-9-25)12-15-14(11-23-19(27)18(15)26)10-13-4-3-5-16(21)17(13)22/h3-5,11,26H,2,6-10,12H2,1H3,(H,23,27). The van der Waals surface area contributed by atoms with Gasteiger partial charge in [0.05, 0.1) is 16.7 Å². The third kappa shape index (κ3) is 5.04. The lowest BCUT2D eigenvalue weighted by Gasteiger charge is -2.34. The first-order chi connectivity index (χ1) is 13.9. The number of hydrogen-bond donors (Lipinski definition) is 2. The van der Waals surface area contributed by atoms with Gasteiger partial charge in [0.2, 0.25) is 0 Å². The number of hydrogen-bond acceptors (Lipinski definition) is 5. The molecule has 2 N–H and O–H groups in total. The van der Waals surface area contributed by atoms with E-state index < -0.39 is 5.56 Å². The Balaban J connectivity index is 1.77. The van der Waals surface area contributed by atoms with Crippen molar-refractivity contribution in [1.29, 1.82) is 0 Å². The van der Waals surface area contributed by atoms with Gasteiger partial charge in [-0.05, 0) is 24.1 Å². The molecule has 1 amide bonds. The predicted molar refractivity (Wildman–Crippen MR) is 112 cm³/mol. The summed E-state index contributed by atoms with van der Waals surface area (Å²) >= 11 is 12.4. The molecule has 2 heterocycles. The molecule has 1 aliphatic heterocycles. The zero-order chi connectivity index (χ0) is 21.0. The van der Waals surface area contributed by atoms with Crippen LogP contribution in [0.15, 0.2) is 29.2 Å². The lowest BCUT2D eigenvalue weighted by atomic mass is 10.0. The van der Waals surface area contributed by atoms with Crippen LogP contribution in [0, 0.1) is 0 Å². The Bertz CT molecular complexity index is 940. The number of ether oxygens (including phenoxy) is 1. The Morgan fingerprint density at radius 3 is 2.62 bits per heavy atom. The minimum absolute atomic E-state index is 0.298. The number of nitrogens with one attached hydrogen (secondary N) is 1. The van der Waals surface area contributed by atoms with Crippen LogP contribution in [0.4, 0.5) is 4.79 Å². The van der Waals surface area contributed by atoms with Crippen molar-refractivity contribution in [2.24, 2.45) is 0 Å². The number of aromatic nitrogens is 1. The Hall–Kier alpha value is -2.22. The van der Waals surface area contributed by atoms with E-state index in [-0.39, 0.29) is 11.8 Å². The van der Waals surface area contributed by atoms with Crippen LogP contribution >= 0.6 is 23.2 Å². The molecule has 1 aromatic heterocycles. The van der Waals surface area contributed by atoms with Crippen LogP contribution in [0.1, 0.15) is 23.6 Å². The quantitative estimate of drug-likeness (QED) is 0.746. The van der Waals surface area contributed by atoms with E-state index >= 15 is 0 Å². The molecule has 1 saturated heterocycles. The van der Waals surface area contributed by atoms with Crippen molar-refractivity contribution < 1.29 is 14.6 Å². The van der Waals surface area contributed by atoms with Crippen LogP contribution in [0.5, 0.6) is 5.75 Å². The molecular formula is C20H23Cl2N3O4. The number of nitrogens with zero attached hydrogens (tertiary/aromatic N) is 2. The molecule has 156 valence electrons. The number of aromatic hydroxyl groups is 1. The topological polar surface area (TPSA) is 85.9 Å². The maximum Gasteiger partial charge on any atom is 0.409 e. The van der Waals surface area contributed by atoms with Gasteiger partial charge in [-0.3, -0.25) is 9.69 Å². The van der Waals surface area contributed by atoms with E-state index in [0.29, 0.717) is 61.4 Å². The number of pyridine rings is 1. The summed E-state index contributed by atoms with van der Waals surface area (Å²) in [5, 5.41) is 11.3. The van der Waals surface area contributed by atoms with E-state index in [9.17, 15) is 14.7 Å². The number of H-pyrrole nitrogens is 1. The van der Waals surface area contributed by atoms with Crippen LogP contribution in [0.3, 0.4) is 0 Å². The van der Waals surface area contributed by atoms with Gasteiger partial charge < -0.3 is 19.7 Å². The zero-order valence-electron chi connectivity index (χ0n) is 16.1. The fraction of sp³-hybridized carbons (Fsp3) is 0.400. The number of rotatable bonds is 5. The van der Waals surface area contributed by atoms with E-state index in [2.05, 4.69) is 9.88 Å². The number of benzene rings is 1. The summed E-state index contributed by atoms with van der Waals surface area (Å²) in [6.45, 7) is 4.79. The van der Waals surface area contributed by atoms with Gasteiger partial charge in [0.25, 0.3) is 5.56 Å². The molecule has 1 fully saturated rings. The van der Waals surface area contributed by atoms with Crippen molar-refractivity contribution in [2.45, 2.75) is 19.9 Å². The maximum atomic E-state index is 12.0. The zero-order valence-corrected chi connectivity index (χ0v) is 17.6. The Morgan fingerprint density at radius 2 is 1.93 bits per heavy atom. The van der Waals surface area contributed by atoms with E-state index in [1.54, 1.807) is 24.1 Å². The largest absolute Gasteiger partial charge is 0.503 e. The lowest BCUT2D eigenvalue weighted by molar-refractivity contribution is 0.0775. The third-order valence-corrected chi connectivity index (χ3v) is 5.82. The van der Waals surface area contributed by atoms with Crippen LogP contribution in [0.25, 0.3) is 0 Å². The molecule has 2 aromatic rings. The van der Waals surface area contributed by atoms with Gasteiger partial charge in [0, 0.05) is 50.9 Å². The summed E-state index contributed by atoms with van der Waals surface area (Å²) in [6.07, 6.45) is 1.70. The van der Waals surface area contributed by atoms with Crippen molar-refractivity contribution in [2.75, 3.05) is 32.8 Å². The van der Waals surface area contributed by atoms with Crippen LogP contribution in [0.2, 0.25) is 10.0 Å². The molecule has 0 atom stereocenters. The van der Waals surface area contributed by atoms with E-state index in [1.807, 2.05) is 12.1 Å². The first-order valence-electron chi connectivity index (χ1n) is 9.40. The molecule has 3 rings (SSSR count). The molecule has 0 spiro atoms. The van der Waals surface area contributed by atoms with E-state index in [4.69, 9.17) is 27.9 Å². The van der Waals surface area contributed by atoms with Crippen molar-refractivity contribution >= 4 is 29.3 Å². The minimum Gasteiger partial charge on any atom is -0.503 e. The average Bonchev–Trinajstić information content (AvgIpc) is 2.71. The van der Waals surface area contributed by atoms with Gasteiger partial charge in [0.1, 0.15) is 0 Å². The summed E-state index contributed by atoms with van der Waals surface area (Å²) < 4.78 is 5.04. The molecule has 0 radical (unpaired) electrons. The van der Waals surface area contributed by atoms with Gasteiger partial charge in [-0.15, -0.1) is 0 Å². The van der Waals surface area contributed by atoms with Gasteiger partial charge >= 0.3 is 6.09 Å². The highest BCUT2D eigenvalue weighted by atomic mass is 35.5. The highest BCUT2D eigenvalue weighted by Crippen LogP contribution is 2.29. The number of halogens is 2. The van der Waals surface area contributed by atoms with Gasteiger partial charge in [-0.2, -0.15) is 0 Å². The minimum atomic E-state index is -0.536. The van der Waals surface area contributed by atoms with Crippen LogP contribution in [-0.4, -0.2) is 58.8 Å². The van der Waals surface area contributed by atoms with Crippen molar-refractivity contribution in [3.05, 3.63) is 61.5 Å². The second-order valence-corrected chi connectivity index (χ2v) is 7.61. The molecule has 0 saturated carbocycles. The molecule has 7 nitrogen and oxygen atoms in total. The molecular weight excluding hydrogens is 417 g/mol. The van der Waals surface area contributed by atoms with Crippen molar-refractivity contribution in [3.8, 4) is 5.75 Å². The normalized spacial score (nSPS) is 14.8. The average molecular weight is 440 g/mol. The summed E-state index contributed by atoms with van der Waals surface area (Å²) in [4.78, 5) is 30.1. The monoisotopic (exact) mass is 439 g/mol. The second-order valence-electron chi connectivity index (χ2n) is 6.82. The Labute approximate surface area is 178 Å².